The van der Waals surface area contributed by atoms with Crippen molar-refractivity contribution in [2.45, 2.75) is 26.2 Å². The van der Waals surface area contributed by atoms with Crippen LogP contribution >= 0.6 is 0 Å². The lowest BCUT2D eigenvalue weighted by Crippen LogP contribution is -2.28. The van der Waals surface area contributed by atoms with Gasteiger partial charge in [0.05, 0.1) is 25.0 Å². The number of anilines is 1. The second kappa shape index (κ2) is 11.5. The smallest absolute Gasteiger partial charge is 0.255 e. The van der Waals surface area contributed by atoms with Gasteiger partial charge >= 0.3 is 0 Å². The number of carbonyl (C=O) groups is 3. The van der Waals surface area contributed by atoms with E-state index < -0.39 is 17.7 Å². The molecule has 30 heavy (non-hydrogen) atoms. The molecule has 0 aliphatic rings. The Balaban J connectivity index is 2.12. The number of methoxy groups -OCH3 is 1. The molecular formula is C22H27N3O5. The summed E-state index contributed by atoms with van der Waals surface area (Å²) in [4.78, 5) is 35.9. The molecule has 160 valence electrons. The minimum Gasteiger partial charge on any atom is -0.493 e. The molecule has 0 aromatic heterocycles. The van der Waals surface area contributed by atoms with Gasteiger partial charge in [-0.15, -0.1) is 0 Å². The van der Waals surface area contributed by atoms with Gasteiger partial charge < -0.3 is 25.8 Å². The summed E-state index contributed by atoms with van der Waals surface area (Å²) in [5.41, 5.74) is 6.07. The van der Waals surface area contributed by atoms with Gasteiger partial charge in [-0.3, -0.25) is 14.4 Å². The van der Waals surface area contributed by atoms with Crippen molar-refractivity contribution >= 4 is 23.4 Å². The van der Waals surface area contributed by atoms with Crippen molar-refractivity contribution in [3.63, 3.8) is 0 Å². The van der Waals surface area contributed by atoms with E-state index in [0.717, 1.165) is 12.8 Å². The number of primary amides is 1. The molecule has 8 nitrogen and oxygen atoms in total. The van der Waals surface area contributed by atoms with Gasteiger partial charge in [-0.1, -0.05) is 25.5 Å². The number of unbranched alkanes of at least 4 members (excludes halogenated alkanes) is 1. The van der Waals surface area contributed by atoms with Crippen LogP contribution in [0.4, 0.5) is 5.69 Å². The molecule has 8 heteroatoms. The molecule has 2 aromatic rings. The molecule has 0 atom stereocenters. The molecule has 0 bridgehead atoms. The maximum atomic E-state index is 12.7. The minimum absolute atomic E-state index is 0.0345. The van der Waals surface area contributed by atoms with Crippen molar-refractivity contribution in [3.8, 4) is 11.5 Å². The summed E-state index contributed by atoms with van der Waals surface area (Å²) in [7, 11) is 1.51. The molecule has 2 rings (SSSR count). The Morgan fingerprint density at radius 1 is 1.03 bits per heavy atom. The van der Waals surface area contributed by atoms with Crippen molar-refractivity contribution in [2.75, 3.05) is 25.6 Å². The highest BCUT2D eigenvalue weighted by Crippen LogP contribution is 2.29. The fourth-order valence-corrected chi connectivity index (χ4v) is 2.63. The van der Waals surface area contributed by atoms with E-state index in [2.05, 4.69) is 17.6 Å². The Labute approximate surface area is 175 Å². The number of para-hydroxylation sites is 1. The molecule has 0 saturated heterocycles. The van der Waals surface area contributed by atoms with Crippen LogP contribution in [0.3, 0.4) is 0 Å². The lowest BCUT2D eigenvalue weighted by atomic mass is 10.1. The predicted molar refractivity (Wildman–Crippen MR) is 114 cm³/mol. The van der Waals surface area contributed by atoms with Gasteiger partial charge in [-0.05, 0) is 36.8 Å². The second-order valence-electron chi connectivity index (χ2n) is 6.54. The first kappa shape index (κ1) is 22.7. The van der Waals surface area contributed by atoms with Crippen LogP contribution in [-0.4, -0.2) is 38.0 Å². The average molecular weight is 413 g/mol. The number of carbonyl (C=O) groups excluding carboxylic acids is 3. The van der Waals surface area contributed by atoms with Crippen molar-refractivity contribution in [1.29, 1.82) is 0 Å². The molecule has 0 aliphatic heterocycles. The summed E-state index contributed by atoms with van der Waals surface area (Å²) >= 11 is 0. The molecule has 0 heterocycles. The number of nitrogens with one attached hydrogen (secondary N) is 2. The largest absolute Gasteiger partial charge is 0.493 e. The van der Waals surface area contributed by atoms with Crippen molar-refractivity contribution < 1.29 is 23.9 Å². The Kier molecular flexibility index (Phi) is 8.68. The quantitative estimate of drug-likeness (QED) is 0.489. The van der Waals surface area contributed by atoms with E-state index in [1.807, 2.05) is 0 Å². The highest BCUT2D eigenvalue weighted by molar-refractivity contribution is 6.09. The summed E-state index contributed by atoms with van der Waals surface area (Å²) in [6, 6.07) is 11.5. The van der Waals surface area contributed by atoms with Crippen LogP contribution in [0, 0.1) is 0 Å². The number of nitrogens with two attached hydrogens (primary N) is 1. The summed E-state index contributed by atoms with van der Waals surface area (Å²) in [5, 5.41) is 5.35. The molecule has 0 fully saturated rings. The third-order valence-corrected chi connectivity index (χ3v) is 4.26. The molecule has 3 amide bonds. The summed E-state index contributed by atoms with van der Waals surface area (Å²) < 4.78 is 11.0. The lowest BCUT2D eigenvalue weighted by Gasteiger charge is -2.13. The average Bonchev–Trinajstić information content (AvgIpc) is 2.74. The van der Waals surface area contributed by atoms with E-state index in [9.17, 15) is 14.4 Å². The Morgan fingerprint density at radius 2 is 1.80 bits per heavy atom. The van der Waals surface area contributed by atoms with Crippen LogP contribution in [0.25, 0.3) is 0 Å². The zero-order valence-electron chi connectivity index (χ0n) is 17.2. The van der Waals surface area contributed by atoms with Crippen LogP contribution in [0.5, 0.6) is 11.5 Å². The number of ether oxygens (including phenoxy) is 2. The fraction of sp³-hybridized carbons (Fsp3) is 0.318. The summed E-state index contributed by atoms with van der Waals surface area (Å²) in [6.07, 6.45) is 1.97. The number of amides is 3. The normalized spacial score (nSPS) is 10.2. The fourth-order valence-electron chi connectivity index (χ4n) is 2.63. The number of hydrogen-bond donors (Lipinski definition) is 3. The van der Waals surface area contributed by atoms with Gasteiger partial charge in [0.25, 0.3) is 11.8 Å². The van der Waals surface area contributed by atoms with Crippen LogP contribution in [0.1, 0.15) is 46.9 Å². The van der Waals surface area contributed by atoms with Crippen molar-refractivity contribution in [3.05, 3.63) is 53.6 Å². The van der Waals surface area contributed by atoms with Gasteiger partial charge in [0, 0.05) is 18.5 Å². The first-order chi connectivity index (χ1) is 14.5. The molecule has 0 aliphatic carbocycles. The third-order valence-electron chi connectivity index (χ3n) is 4.26. The zero-order chi connectivity index (χ0) is 21.9. The van der Waals surface area contributed by atoms with Gasteiger partial charge in [-0.25, -0.2) is 0 Å². The van der Waals surface area contributed by atoms with Crippen molar-refractivity contribution in [2.24, 2.45) is 5.73 Å². The first-order valence-corrected chi connectivity index (χ1v) is 9.74. The number of rotatable bonds is 11. The predicted octanol–water partition coefficient (Wildman–Crippen LogP) is 2.73. The van der Waals surface area contributed by atoms with E-state index in [1.165, 1.54) is 7.11 Å². The monoisotopic (exact) mass is 413 g/mol. The molecule has 0 radical (unpaired) electrons. The Bertz CT molecular complexity index is 898. The maximum Gasteiger partial charge on any atom is 0.255 e. The van der Waals surface area contributed by atoms with Crippen LogP contribution < -0.4 is 25.8 Å². The third kappa shape index (κ3) is 6.51. The lowest BCUT2D eigenvalue weighted by molar-refractivity contribution is -0.117. The highest BCUT2D eigenvalue weighted by Gasteiger charge is 2.16. The standard InChI is InChI=1S/C22H27N3O5/c1-3-4-13-30-18-10-9-15(14-19(18)29-2)21(27)25-17-8-6-5-7-16(17)22(28)24-12-11-20(23)26/h5-10,14H,3-4,11-13H2,1-2H3,(H2,23,26)(H,24,28)(H,25,27). The van der Waals surface area contributed by atoms with Gasteiger partial charge in [0.2, 0.25) is 5.91 Å². The van der Waals surface area contributed by atoms with Gasteiger partial charge in [0.15, 0.2) is 11.5 Å². The Morgan fingerprint density at radius 3 is 2.50 bits per heavy atom. The maximum absolute atomic E-state index is 12.7. The minimum atomic E-state index is -0.507. The van der Waals surface area contributed by atoms with Gasteiger partial charge in [0.1, 0.15) is 0 Å². The zero-order valence-corrected chi connectivity index (χ0v) is 17.2. The topological polar surface area (TPSA) is 120 Å². The van der Waals surface area contributed by atoms with Crippen LogP contribution in [-0.2, 0) is 4.79 Å². The van der Waals surface area contributed by atoms with E-state index in [4.69, 9.17) is 15.2 Å². The molecule has 0 saturated carbocycles. The molecule has 0 unspecified atom stereocenters. The van der Waals surface area contributed by atoms with Crippen LogP contribution in [0.2, 0.25) is 0 Å². The van der Waals surface area contributed by atoms with Gasteiger partial charge in [-0.2, -0.15) is 0 Å². The van der Waals surface area contributed by atoms with E-state index >= 15 is 0 Å². The summed E-state index contributed by atoms with van der Waals surface area (Å²) in [6.45, 7) is 2.76. The van der Waals surface area contributed by atoms with E-state index in [1.54, 1.807) is 42.5 Å². The Hall–Kier alpha value is -3.55. The van der Waals surface area contributed by atoms with Crippen LogP contribution in [0.15, 0.2) is 42.5 Å². The molecular weight excluding hydrogens is 386 g/mol. The van der Waals surface area contributed by atoms with Crippen molar-refractivity contribution in [1.82, 2.24) is 5.32 Å². The van der Waals surface area contributed by atoms with E-state index in [0.29, 0.717) is 29.4 Å². The SMILES string of the molecule is CCCCOc1ccc(C(=O)Nc2ccccc2C(=O)NCCC(N)=O)cc1OC. The number of benzene rings is 2. The molecule has 2 aromatic carbocycles. The second-order valence-corrected chi connectivity index (χ2v) is 6.54. The number of hydrogen-bond acceptors (Lipinski definition) is 5. The summed E-state index contributed by atoms with van der Waals surface area (Å²) in [5.74, 6) is -0.295. The highest BCUT2D eigenvalue weighted by atomic mass is 16.5. The van der Waals surface area contributed by atoms with E-state index in [-0.39, 0.29) is 18.5 Å². The molecule has 4 N–H and O–H groups in total. The molecule has 0 spiro atoms. The first-order valence-electron chi connectivity index (χ1n) is 9.74.